The van der Waals surface area contributed by atoms with E-state index in [1.165, 1.54) is 4.90 Å². The highest BCUT2D eigenvalue weighted by molar-refractivity contribution is 7.80. The molecule has 1 rings (SSSR count). The van der Waals surface area contributed by atoms with Gasteiger partial charge in [-0.15, -0.1) is 0 Å². The molecule has 8 nitrogen and oxygen atoms in total. The molecular formula is C24H39N3O5S. The largest absolute Gasteiger partial charge is 0.444 e. The highest BCUT2D eigenvalue weighted by atomic mass is 32.1. The van der Waals surface area contributed by atoms with Crippen LogP contribution in [-0.4, -0.2) is 65.0 Å². The van der Waals surface area contributed by atoms with Crippen molar-refractivity contribution in [1.29, 1.82) is 0 Å². The lowest BCUT2D eigenvalue weighted by molar-refractivity contribution is -0.142. The molecule has 1 aromatic carbocycles. The summed E-state index contributed by atoms with van der Waals surface area (Å²) in [5.74, 6) is -0.868. The van der Waals surface area contributed by atoms with Gasteiger partial charge in [-0.2, -0.15) is 12.6 Å². The first-order chi connectivity index (χ1) is 15.5. The summed E-state index contributed by atoms with van der Waals surface area (Å²) in [6, 6.07) is 5.34. The monoisotopic (exact) mass is 481 g/mol. The van der Waals surface area contributed by atoms with Crippen molar-refractivity contribution in [3.8, 4) is 0 Å². The van der Waals surface area contributed by atoms with Crippen LogP contribution in [0.2, 0.25) is 0 Å². The van der Waals surface area contributed by atoms with Crippen LogP contribution in [0.25, 0.3) is 0 Å². The molecule has 2 unspecified atom stereocenters. The number of carbonyl (C=O) groups is 3. The summed E-state index contributed by atoms with van der Waals surface area (Å²) in [6.07, 6.45) is 2.08. The molecule has 0 radical (unpaired) electrons. The predicted molar refractivity (Wildman–Crippen MR) is 132 cm³/mol. The van der Waals surface area contributed by atoms with E-state index in [1.54, 1.807) is 26.8 Å². The molecule has 0 aromatic heterocycles. The van der Waals surface area contributed by atoms with Crippen molar-refractivity contribution in [2.24, 2.45) is 0 Å². The van der Waals surface area contributed by atoms with E-state index in [9.17, 15) is 19.5 Å². The first-order valence-corrected chi connectivity index (χ1v) is 12.0. The minimum atomic E-state index is -1.03. The fourth-order valence-electron chi connectivity index (χ4n) is 3.31. The fraction of sp³-hybridized carbons (Fsp3) is 0.625. The van der Waals surface area contributed by atoms with Crippen LogP contribution in [0.15, 0.2) is 24.3 Å². The standard InChI is InChI=1S/C24H39N3O5S/c1-6-7-8-12-25-21(29)20(18-11-9-10-17(2)15-18)27(13-14-28)22(30)19(16-33)26-23(31)32-24(3,4)5/h9-11,15,19-20,28,33H,6-8,12-14,16H2,1-5H3,(H,25,29)(H,26,31). The zero-order valence-electron chi connectivity index (χ0n) is 20.4. The quantitative estimate of drug-likeness (QED) is 0.271. The Morgan fingerprint density at radius 2 is 1.91 bits per heavy atom. The molecule has 3 N–H and O–H groups in total. The SMILES string of the molecule is CCCCCNC(=O)C(c1cccc(C)c1)N(CCO)C(=O)C(CS)NC(=O)OC(C)(C)C. The van der Waals surface area contributed by atoms with E-state index in [4.69, 9.17) is 4.74 Å². The number of benzene rings is 1. The number of ether oxygens (including phenoxy) is 1. The molecule has 0 fully saturated rings. The van der Waals surface area contributed by atoms with Crippen LogP contribution in [0.3, 0.4) is 0 Å². The molecule has 0 aliphatic heterocycles. The van der Waals surface area contributed by atoms with E-state index in [0.29, 0.717) is 12.1 Å². The van der Waals surface area contributed by atoms with Crippen LogP contribution in [0.4, 0.5) is 4.79 Å². The molecule has 1 aromatic rings. The van der Waals surface area contributed by atoms with Gasteiger partial charge in [0, 0.05) is 18.8 Å². The van der Waals surface area contributed by atoms with Crippen LogP contribution in [0.1, 0.15) is 64.1 Å². The number of thiol groups is 1. The molecule has 0 spiro atoms. The van der Waals surface area contributed by atoms with Gasteiger partial charge in [0.05, 0.1) is 6.61 Å². The highest BCUT2D eigenvalue weighted by Crippen LogP contribution is 2.23. The molecule has 186 valence electrons. The average molecular weight is 482 g/mol. The zero-order chi connectivity index (χ0) is 25.0. The van der Waals surface area contributed by atoms with Crippen LogP contribution in [0.5, 0.6) is 0 Å². The Morgan fingerprint density at radius 3 is 2.45 bits per heavy atom. The molecule has 3 amide bonds. The first-order valence-electron chi connectivity index (χ1n) is 11.4. The molecule has 0 saturated carbocycles. The van der Waals surface area contributed by atoms with Crippen LogP contribution < -0.4 is 10.6 Å². The van der Waals surface area contributed by atoms with Gasteiger partial charge in [0.2, 0.25) is 11.8 Å². The number of aliphatic hydroxyl groups is 1. The minimum Gasteiger partial charge on any atom is -0.444 e. The summed E-state index contributed by atoms with van der Waals surface area (Å²) in [4.78, 5) is 40.3. The Kier molecular flexibility index (Phi) is 12.3. The number of aryl methyl sites for hydroxylation is 1. The van der Waals surface area contributed by atoms with Crippen molar-refractivity contribution < 1.29 is 24.2 Å². The van der Waals surface area contributed by atoms with Gasteiger partial charge in [0.25, 0.3) is 0 Å². The summed E-state index contributed by atoms with van der Waals surface area (Å²) in [6.45, 7) is 9.20. The Balaban J connectivity index is 3.23. The Morgan fingerprint density at radius 1 is 1.21 bits per heavy atom. The maximum absolute atomic E-state index is 13.5. The lowest BCUT2D eigenvalue weighted by atomic mass is 10.0. The number of carbonyl (C=O) groups excluding carboxylic acids is 3. The molecular weight excluding hydrogens is 442 g/mol. The third kappa shape index (κ3) is 10.0. The van der Waals surface area contributed by atoms with Gasteiger partial charge in [0.1, 0.15) is 17.7 Å². The second-order valence-corrected chi connectivity index (χ2v) is 9.32. The van der Waals surface area contributed by atoms with Crippen molar-refractivity contribution >= 4 is 30.5 Å². The number of hydrogen-bond donors (Lipinski definition) is 4. The van der Waals surface area contributed by atoms with Gasteiger partial charge in [-0.25, -0.2) is 4.79 Å². The molecule has 0 aliphatic rings. The number of nitrogens with one attached hydrogen (secondary N) is 2. The lowest BCUT2D eigenvalue weighted by Gasteiger charge is -2.34. The smallest absolute Gasteiger partial charge is 0.408 e. The molecule has 9 heteroatoms. The lowest BCUT2D eigenvalue weighted by Crippen LogP contribution is -2.54. The van der Waals surface area contributed by atoms with Crippen molar-refractivity contribution in [2.75, 3.05) is 25.4 Å². The number of rotatable bonds is 12. The molecule has 0 aliphatic carbocycles. The molecule has 0 bridgehead atoms. The van der Waals surface area contributed by atoms with Gasteiger partial charge in [-0.3, -0.25) is 9.59 Å². The number of aliphatic hydroxyl groups excluding tert-OH is 1. The van der Waals surface area contributed by atoms with Crippen LogP contribution in [0, 0.1) is 6.92 Å². The Labute approximate surface area is 202 Å². The number of hydrogen-bond acceptors (Lipinski definition) is 6. The predicted octanol–water partition coefficient (Wildman–Crippen LogP) is 2.99. The Hall–Kier alpha value is -2.26. The van der Waals surface area contributed by atoms with Crippen LogP contribution in [-0.2, 0) is 14.3 Å². The molecule has 0 saturated heterocycles. The molecule has 0 heterocycles. The summed E-state index contributed by atoms with van der Waals surface area (Å²) >= 11 is 4.23. The zero-order valence-corrected chi connectivity index (χ0v) is 21.3. The fourth-order valence-corrected chi connectivity index (χ4v) is 3.55. The topological polar surface area (TPSA) is 108 Å². The summed E-state index contributed by atoms with van der Waals surface area (Å²) < 4.78 is 5.26. The summed E-state index contributed by atoms with van der Waals surface area (Å²) in [7, 11) is 0. The van der Waals surface area contributed by atoms with Crippen molar-refractivity contribution in [3.05, 3.63) is 35.4 Å². The molecule has 2 atom stereocenters. The second kappa shape index (κ2) is 14.1. The summed E-state index contributed by atoms with van der Waals surface area (Å²) in [5.41, 5.74) is 0.826. The maximum Gasteiger partial charge on any atom is 0.408 e. The van der Waals surface area contributed by atoms with E-state index in [-0.39, 0.29) is 24.8 Å². The second-order valence-electron chi connectivity index (χ2n) is 8.95. The Bertz CT molecular complexity index is 782. The first kappa shape index (κ1) is 28.8. The van der Waals surface area contributed by atoms with Gasteiger partial charge in [-0.05, 0) is 39.7 Å². The van der Waals surface area contributed by atoms with Gasteiger partial charge < -0.3 is 25.4 Å². The minimum absolute atomic E-state index is 0.00133. The third-order valence-electron chi connectivity index (χ3n) is 4.79. The van der Waals surface area contributed by atoms with Crippen molar-refractivity contribution in [1.82, 2.24) is 15.5 Å². The normalized spacial score (nSPS) is 13.1. The van der Waals surface area contributed by atoms with E-state index in [2.05, 4.69) is 30.2 Å². The van der Waals surface area contributed by atoms with Gasteiger partial charge in [-0.1, -0.05) is 49.6 Å². The number of alkyl carbamates (subject to hydrolysis) is 1. The van der Waals surface area contributed by atoms with Crippen LogP contribution >= 0.6 is 12.6 Å². The van der Waals surface area contributed by atoms with Gasteiger partial charge >= 0.3 is 6.09 Å². The van der Waals surface area contributed by atoms with E-state index >= 15 is 0 Å². The third-order valence-corrected chi connectivity index (χ3v) is 5.16. The highest BCUT2D eigenvalue weighted by Gasteiger charge is 2.35. The van der Waals surface area contributed by atoms with E-state index in [0.717, 1.165) is 24.8 Å². The number of amides is 3. The van der Waals surface area contributed by atoms with E-state index < -0.39 is 29.7 Å². The molecule has 33 heavy (non-hydrogen) atoms. The number of unbranched alkanes of at least 4 members (excludes halogenated alkanes) is 2. The summed E-state index contributed by atoms with van der Waals surface area (Å²) in [5, 5.41) is 15.1. The van der Waals surface area contributed by atoms with E-state index in [1.807, 2.05) is 25.1 Å². The van der Waals surface area contributed by atoms with Gasteiger partial charge in [0.15, 0.2) is 0 Å². The number of nitrogens with zero attached hydrogens (tertiary/aromatic N) is 1. The van der Waals surface area contributed by atoms with Crippen molar-refractivity contribution in [2.45, 2.75) is 71.6 Å². The van der Waals surface area contributed by atoms with Crippen molar-refractivity contribution in [3.63, 3.8) is 0 Å². The average Bonchev–Trinajstić information content (AvgIpc) is 2.73. The maximum atomic E-state index is 13.5.